The summed E-state index contributed by atoms with van der Waals surface area (Å²) >= 11 is 5.10. The number of hydrogen-bond acceptors (Lipinski definition) is 2. The van der Waals surface area contributed by atoms with Crippen molar-refractivity contribution in [3.8, 4) is 0 Å². The molecule has 1 heterocycles. The molecular formula is C9H16N4S. The zero-order chi connectivity index (χ0) is 10.4. The number of hydrogen-bond donors (Lipinski definition) is 2. The average molecular weight is 212 g/mol. The van der Waals surface area contributed by atoms with Gasteiger partial charge in [-0.05, 0) is 18.6 Å². The summed E-state index contributed by atoms with van der Waals surface area (Å²) in [5, 5.41) is 10.9. The largest absolute Gasteiger partial charge is 0.362 e. The van der Waals surface area contributed by atoms with Crippen LogP contribution in [0.3, 0.4) is 0 Å². The minimum atomic E-state index is 0.659. The SMILES string of the molecule is CCCCNC(=S)Nc1cnn(C)c1. The third-order valence-corrected chi connectivity index (χ3v) is 2.03. The van der Waals surface area contributed by atoms with E-state index in [2.05, 4.69) is 22.7 Å². The molecule has 0 saturated heterocycles. The Morgan fingerprint density at radius 2 is 2.43 bits per heavy atom. The van der Waals surface area contributed by atoms with Crippen molar-refractivity contribution in [1.29, 1.82) is 0 Å². The zero-order valence-electron chi connectivity index (χ0n) is 8.58. The highest BCUT2D eigenvalue weighted by molar-refractivity contribution is 7.80. The maximum atomic E-state index is 5.10. The van der Waals surface area contributed by atoms with E-state index in [1.165, 1.54) is 6.42 Å². The molecule has 0 amide bonds. The third kappa shape index (κ3) is 3.74. The van der Waals surface area contributed by atoms with Gasteiger partial charge in [-0.1, -0.05) is 13.3 Å². The lowest BCUT2D eigenvalue weighted by molar-refractivity contribution is 0.758. The van der Waals surface area contributed by atoms with E-state index in [1.807, 2.05) is 13.2 Å². The zero-order valence-corrected chi connectivity index (χ0v) is 9.40. The lowest BCUT2D eigenvalue weighted by Crippen LogP contribution is -2.28. The summed E-state index contributed by atoms with van der Waals surface area (Å²) in [6.07, 6.45) is 5.93. The molecule has 0 aliphatic heterocycles. The summed E-state index contributed by atoms with van der Waals surface area (Å²) < 4.78 is 1.73. The van der Waals surface area contributed by atoms with E-state index < -0.39 is 0 Å². The Labute approximate surface area is 89.7 Å². The van der Waals surface area contributed by atoms with Crippen LogP contribution < -0.4 is 10.6 Å². The summed E-state index contributed by atoms with van der Waals surface area (Å²) in [4.78, 5) is 0. The Hall–Kier alpha value is -1.10. The van der Waals surface area contributed by atoms with Gasteiger partial charge in [-0.2, -0.15) is 5.10 Å². The molecule has 4 nitrogen and oxygen atoms in total. The van der Waals surface area contributed by atoms with Crippen LogP contribution in [-0.2, 0) is 7.05 Å². The highest BCUT2D eigenvalue weighted by Gasteiger charge is 1.97. The highest BCUT2D eigenvalue weighted by Crippen LogP contribution is 2.02. The van der Waals surface area contributed by atoms with Gasteiger partial charge in [-0.3, -0.25) is 4.68 Å². The molecule has 1 rings (SSSR count). The van der Waals surface area contributed by atoms with E-state index in [-0.39, 0.29) is 0 Å². The van der Waals surface area contributed by atoms with Crippen molar-refractivity contribution in [3.05, 3.63) is 12.4 Å². The third-order valence-electron chi connectivity index (χ3n) is 1.78. The minimum Gasteiger partial charge on any atom is -0.362 e. The molecule has 78 valence electrons. The molecule has 0 unspecified atom stereocenters. The van der Waals surface area contributed by atoms with Gasteiger partial charge < -0.3 is 10.6 Å². The lowest BCUT2D eigenvalue weighted by atomic mass is 10.3. The van der Waals surface area contributed by atoms with Crippen LogP contribution in [0.2, 0.25) is 0 Å². The van der Waals surface area contributed by atoms with Crippen molar-refractivity contribution in [1.82, 2.24) is 15.1 Å². The Morgan fingerprint density at radius 3 is 3.00 bits per heavy atom. The van der Waals surface area contributed by atoms with Crippen molar-refractivity contribution < 1.29 is 0 Å². The molecule has 0 fully saturated rings. The second kappa shape index (κ2) is 5.59. The Morgan fingerprint density at radius 1 is 1.64 bits per heavy atom. The van der Waals surface area contributed by atoms with Crippen LogP contribution in [0.25, 0.3) is 0 Å². The van der Waals surface area contributed by atoms with Crippen molar-refractivity contribution in [2.45, 2.75) is 19.8 Å². The molecule has 5 heteroatoms. The molecule has 1 aromatic heterocycles. The van der Waals surface area contributed by atoms with Gasteiger partial charge in [-0.25, -0.2) is 0 Å². The van der Waals surface area contributed by atoms with Gasteiger partial charge in [0.15, 0.2) is 5.11 Å². The van der Waals surface area contributed by atoms with Crippen molar-refractivity contribution in [2.75, 3.05) is 11.9 Å². The summed E-state index contributed by atoms with van der Waals surface area (Å²) in [7, 11) is 1.87. The molecule has 0 aliphatic carbocycles. The van der Waals surface area contributed by atoms with Gasteiger partial charge >= 0.3 is 0 Å². The van der Waals surface area contributed by atoms with E-state index in [4.69, 9.17) is 12.2 Å². The number of unbranched alkanes of at least 4 members (excludes halogenated alkanes) is 1. The maximum Gasteiger partial charge on any atom is 0.170 e. The molecule has 0 aromatic carbocycles. The number of aromatic nitrogens is 2. The predicted octanol–water partition coefficient (Wildman–Crippen LogP) is 1.51. The summed E-state index contributed by atoms with van der Waals surface area (Å²) in [5.74, 6) is 0. The standard InChI is InChI=1S/C9H16N4S/c1-3-4-5-10-9(14)12-8-6-11-13(2)7-8/h6-7H,3-5H2,1-2H3,(H2,10,12,14). The normalized spacial score (nSPS) is 9.86. The average Bonchev–Trinajstić information content (AvgIpc) is 2.52. The molecule has 0 atom stereocenters. The maximum absolute atomic E-state index is 5.10. The first-order valence-corrected chi connectivity index (χ1v) is 5.16. The topological polar surface area (TPSA) is 41.9 Å². The number of nitrogens with zero attached hydrogens (tertiary/aromatic N) is 2. The summed E-state index contributed by atoms with van der Waals surface area (Å²) in [6, 6.07) is 0. The monoisotopic (exact) mass is 212 g/mol. The quantitative estimate of drug-likeness (QED) is 0.586. The Balaban J connectivity index is 2.27. The van der Waals surface area contributed by atoms with Gasteiger partial charge in [0.1, 0.15) is 0 Å². The van der Waals surface area contributed by atoms with Gasteiger partial charge in [0, 0.05) is 19.8 Å². The highest BCUT2D eigenvalue weighted by atomic mass is 32.1. The molecular weight excluding hydrogens is 196 g/mol. The number of aryl methyl sites for hydroxylation is 1. The molecule has 0 saturated carbocycles. The molecule has 1 aromatic rings. The van der Waals surface area contributed by atoms with E-state index >= 15 is 0 Å². The lowest BCUT2D eigenvalue weighted by Gasteiger charge is -2.07. The fourth-order valence-corrected chi connectivity index (χ4v) is 1.26. The number of anilines is 1. The first kappa shape index (κ1) is 11.0. The van der Waals surface area contributed by atoms with Crippen LogP contribution in [-0.4, -0.2) is 21.4 Å². The van der Waals surface area contributed by atoms with E-state index in [0.29, 0.717) is 5.11 Å². The first-order valence-electron chi connectivity index (χ1n) is 4.76. The van der Waals surface area contributed by atoms with Crippen molar-refractivity contribution in [2.24, 2.45) is 7.05 Å². The van der Waals surface area contributed by atoms with Gasteiger partial charge in [0.2, 0.25) is 0 Å². The summed E-state index contributed by atoms with van der Waals surface area (Å²) in [6.45, 7) is 3.07. The van der Waals surface area contributed by atoms with Crippen molar-refractivity contribution >= 4 is 23.0 Å². The van der Waals surface area contributed by atoms with Gasteiger partial charge in [-0.15, -0.1) is 0 Å². The van der Waals surface area contributed by atoms with Crippen molar-refractivity contribution in [3.63, 3.8) is 0 Å². The van der Waals surface area contributed by atoms with Gasteiger partial charge in [0.25, 0.3) is 0 Å². The second-order valence-electron chi connectivity index (χ2n) is 3.14. The molecule has 0 aliphatic rings. The van der Waals surface area contributed by atoms with E-state index in [9.17, 15) is 0 Å². The van der Waals surface area contributed by atoms with Gasteiger partial charge in [0.05, 0.1) is 11.9 Å². The van der Waals surface area contributed by atoms with Crippen LogP contribution in [0.1, 0.15) is 19.8 Å². The number of rotatable bonds is 4. The van der Waals surface area contributed by atoms with Crippen LogP contribution in [0.15, 0.2) is 12.4 Å². The fourth-order valence-electron chi connectivity index (χ4n) is 1.04. The predicted molar refractivity (Wildman–Crippen MR) is 62.3 cm³/mol. The van der Waals surface area contributed by atoms with E-state index in [1.54, 1.807) is 10.9 Å². The first-order chi connectivity index (χ1) is 6.72. The minimum absolute atomic E-state index is 0.659. The van der Waals surface area contributed by atoms with Crippen LogP contribution in [0, 0.1) is 0 Å². The number of thiocarbonyl (C=S) groups is 1. The summed E-state index contributed by atoms with van der Waals surface area (Å²) in [5.41, 5.74) is 0.918. The Kier molecular flexibility index (Phi) is 4.39. The van der Waals surface area contributed by atoms with E-state index in [0.717, 1.165) is 18.7 Å². The van der Waals surface area contributed by atoms with Crippen LogP contribution in [0.4, 0.5) is 5.69 Å². The van der Waals surface area contributed by atoms with Crippen LogP contribution in [0.5, 0.6) is 0 Å². The molecule has 2 N–H and O–H groups in total. The molecule has 14 heavy (non-hydrogen) atoms. The number of nitrogens with one attached hydrogen (secondary N) is 2. The van der Waals surface area contributed by atoms with Crippen LogP contribution >= 0.6 is 12.2 Å². The molecule has 0 radical (unpaired) electrons. The second-order valence-corrected chi connectivity index (χ2v) is 3.55. The fraction of sp³-hybridized carbons (Fsp3) is 0.556. The molecule has 0 spiro atoms. The Bertz CT molecular complexity index is 295. The molecule has 0 bridgehead atoms. The smallest absolute Gasteiger partial charge is 0.170 e.